The van der Waals surface area contributed by atoms with Gasteiger partial charge in [-0.1, -0.05) is 17.7 Å². The van der Waals surface area contributed by atoms with Crippen molar-refractivity contribution in [3.8, 4) is 0 Å². The second-order valence-corrected chi connectivity index (χ2v) is 5.75. The Labute approximate surface area is 141 Å². The summed E-state index contributed by atoms with van der Waals surface area (Å²) in [6.45, 7) is 5.50. The van der Waals surface area contributed by atoms with Gasteiger partial charge in [0.05, 0.1) is 5.56 Å². The average molecular weight is 312 g/mol. The van der Waals surface area contributed by atoms with Gasteiger partial charge in [-0.15, -0.1) is 0 Å². The first-order valence-electron chi connectivity index (χ1n) is 6.81. The first kappa shape index (κ1) is 18.9. The van der Waals surface area contributed by atoms with Crippen molar-refractivity contribution in [2.75, 3.05) is 0 Å². The number of hydrogen-bond donors (Lipinski definition) is 2. The minimum absolute atomic E-state index is 0.399. The van der Waals surface area contributed by atoms with E-state index in [4.69, 9.17) is 9.79 Å². The van der Waals surface area contributed by atoms with Crippen LogP contribution in [0.5, 0.6) is 0 Å². The normalized spacial score (nSPS) is 10.0. The summed E-state index contributed by atoms with van der Waals surface area (Å²) in [7, 11) is -2.65. The van der Waals surface area contributed by atoms with Crippen molar-refractivity contribution < 1.29 is 19.1 Å². The number of rotatable bonds is 2. The van der Waals surface area contributed by atoms with Crippen LogP contribution in [0.3, 0.4) is 0 Å². The van der Waals surface area contributed by atoms with Gasteiger partial charge in [0.1, 0.15) is 0 Å². The van der Waals surface area contributed by atoms with Crippen LogP contribution in [0, 0.1) is 20.8 Å². The summed E-state index contributed by atoms with van der Waals surface area (Å²) in [5.74, 6) is -0.693. The van der Waals surface area contributed by atoms with Crippen LogP contribution in [-0.4, -0.2) is 33.5 Å². The third-order valence-corrected chi connectivity index (χ3v) is 3.32. The summed E-state index contributed by atoms with van der Waals surface area (Å²) in [6, 6.07) is 14.0. The van der Waals surface area contributed by atoms with Crippen molar-refractivity contribution in [1.29, 1.82) is 0 Å². The zero-order valence-corrected chi connectivity index (χ0v) is 14.1. The van der Waals surface area contributed by atoms with E-state index in [0.717, 1.165) is 16.7 Å². The Hall–Kier alpha value is -1.14. The maximum atomic E-state index is 11.5. The van der Waals surface area contributed by atoms with Gasteiger partial charge in [0, 0.05) is 0 Å². The van der Waals surface area contributed by atoms with Crippen molar-refractivity contribution >= 4 is 36.5 Å². The third kappa shape index (κ3) is 6.32. The van der Waals surface area contributed by atoms with Gasteiger partial charge in [0.15, 0.2) is 0 Å². The number of aryl methyl sites for hydroxylation is 3. The molecule has 0 heterocycles. The van der Waals surface area contributed by atoms with Gasteiger partial charge in [-0.25, -0.2) is 4.79 Å². The zero-order valence-electron chi connectivity index (χ0n) is 13.2. The van der Waals surface area contributed by atoms with Crippen LogP contribution in [0.2, 0.25) is 0 Å². The molecule has 0 atom stereocenters. The molecule has 0 saturated carbocycles. The van der Waals surface area contributed by atoms with Crippen molar-refractivity contribution in [3.05, 3.63) is 64.7 Å². The predicted molar refractivity (Wildman–Crippen MR) is 89.3 cm³/mol. The first-order valence-corrected chi connectivity index (χ1v) is 7.97. The minimum atomic E-state index is -2.65. The van der Waals surface area contributed by atoms with Crippen LogP contribution in [0.15, 0.2) is 42.5 Å². The molecule has 0 aliphatic carbocycles. The van der Waals surface area contributed by atoms with E-state index in [1.165, 1.54) is 4.24 Å². The van der Waals surface area contributed by atoms with E-state index < -0.39 is 14.6 Å². The van der Waals surface area contributed by atoms with Gasteiger partial charge >= 0.3 is 66.9 Å². The molecule has 0 spiro atoms. The number of benzene rings is 2. The number of carbonyl (C=O) groups is 1. The fourth-order valence-corrected chi connectivity index (χ4v) is 2.40. The second kappa shape index (κ2) is 9.10. The monoisotopic (exact) mass is 312 g/mol. The van der Waals surface area contributed by atoms with Crippen molar-refractivity contribution in [2.24, 2.45) is 0 Å². The van der Waals surface area contributed by atoms with E-state index >= 15 is 0 Å². The topological polar surface area (TPSA) is 66.8 Å². The Morgan fingerprint density at radius 1 is 1.05 bits per heavy atom. The molecular weight excluding hydrogens is 294 g/mol. The molecule has 22 heavy (non-hydrogen) atoms. The second-order valence-electron chi connectivity index (χ2n) is 5.06. The van der Waals surface area contributed by atoms with Crippen LogP contribution in [0.1, 0.15) is 27.0 Å². The van der Waals surface area contributed by atoms with E-state index in [9.17, 15) is 4.79 Å². The fraction of sp³-hybridized carbons (Fsp3) is 0.188. The van der Waals surface area contributed by atoms with Gasteiger partial charge in [0.25, 0.3) is 0 Å². The number of hydrogen-bond acceptors (Lipinski definition) is 4. The Morgan fingerprint density at radius 2 is 1.55 bits per heavy atom. The number of carbonyl (C=O) groups excluding carboxylic acids is 1. The molecule has 6 heteroatoms. The molecule has 0 amide bonds. The molecule has 0 bridgehead atoms. The fourth-order valence-electron chi connectivity index (χ4n) is 2.16. The summed E-state index contributed by atoms with van der Waals surface area (Å²) in [5.41, 5.74) is 3.00. The Morgan fingerprint density at radius 3 is 1.91 bits per heavy atom. The predicted octanol–water partition coefficient (Wildman–Crippen LogP) is 2.46. The molecule has 0 unspecified atom stereocenters. The van der Waals surface area contributed by atoms with Crippen LogP contribution < -0.4 is 4.24 Å². The zero-order chi connectivity index (χ0) is 16.7. The third-order valence-electron chi connectivity index (χ3n) is 2.99. The van der Waals surface area contributed by atoms with Crippen LogP contribution in [0.4, 0.5) is 0 Å². The molecule has 112 valence electrons. The molecule has 0 saturated heterocycles. The molecular formula is C16H18LiO4P. The summed E-state index contributed by atoms with van der Waals surface area (Å²) < 4.78 is 5.70. The van der Waals surface area contributed by atoms with Crippen LogP contribution in [0.25, 0.3) is 0 Å². The quantitative estimate of drug-likeness (QED) is 0.660. The van der Waals surface area contributed by atoms with E-state index in [1.54, 1.807) is 13.8 Å². The van der Waals surface area contributed by atoms with Gasteiger partial charge in [-0.2, -0.15) is 0 Å². The average Bonchev–Trinajstić information content (AvgIpc) is 2.38. The standard InChI is InChI=1S/C10H13O4P.C6H5.Li/c1-6-4-7(2)9(8(3)5-6)10(11)14-15(12)13;1-2-4-6-5-3-1;/h4-5,12-13H,1-3H3;1-5H;. The molecule has 2 aromatic rings. The van der Waals surface area contributed by atoms with Gasteiger partial charge in [-0.3, -0.25) is 0 Å². The van der Waals surface area contributed by atoms with Crippen LogP contribution >= 0.6 is 8.60 Å². The summed E-state index contributed by atoms with van der Waals surface area (Å²) in [4.78, 5) is 28.7. The van der Waals surface area contributed by atoms with Gasteiger partial charge < -0.3 is 14.3 Å². The summed E-state index contributed by atoms with van der Waals surface area (Å²) in [5, 5.41) is 0. The van der Waals surface area contributed by atoms with E-state index in [0.29, 0.717) is 5.56 Å². The molecule has 0 aliphatic heterocycles. The summed E-state index contributed by atoms with van der Waals surface area (Å²) >= 11 is 2.08. The van der Waals surface area contributed by atoms with E-state index in [1.807, 2.05) is 37.3 Å². The van der Waals surface area contributed by atoms with E-state index in [2.05, 4.69) is 34.4 Å². The molecule has 0 aliphatic rings. The Balaban J connectivity index is 0.000000287. The van der Waals surface area contributed by atoms with Crippen molar-refractivity contribution in [3.63, 3.8) is 0 Å². The molecule has 0 radical (unpaired) electrons. The first-order chi connectivity index (χ1) is 10.3. The summed E-state index contributed by atoms with van der Waals surface area (Å²) in [6.07, 6.45) is 0. The SMILES string of the molecule is Cc1cc(C)c(C(=O)OP(O)O)c(C)c1.[Li][c]1ccccc1. The van der Waals surface area contributed by atoms with E-state index in [-0.39, 0.29) is 0 Å². The molecule has 2 aromatic carbocycles. The van der Waals surface area contributed by atoms with Gasteiger partial charge in [0.2, 0.25) is 0 Å². The maximum absolute atomic E-state index is 11.5. The Bertz CT molecular complexity index is 606. The van der Waals surface area contributed by atoms with Gasteiger partial charge in [-0.05, 0) is 31.9 Å². The van der Waals surface area contributed by atoms with Crippen molar-refractivity contribution in [2.45, 2.75) is 20.8 Å². The molecule has 2 N–H and O–H groups in total. The van der Waals surface area contributed by atoms with Crippen LogP contribution in [-0.2, 0) is 4.52 Å². The molecule has 2 rings (SSSR count). The Kier molecular flexibility index (Phi) is 7.82. The molecule has 4 nitrogen and oxygen atoms in total. The molecule has 0 aromatic heterocycles. The molecule has 0 fully saturated rings. The van der Waals surface area contributed by atoms with Crippen molar-refractivity contribution in [1.82, 2.24) is 0 Å².